The molecule has 1 amide bonds. The number of furan rings is 1. The van der Waals surface area contributed by atoms with E-state index in [-0.39, 0.29) is 6.61 Å². The molecular formula is C22H26N4O4. The lowest BCUT2D eigenvalue weighted by atomic mass is 9.95. The third-order valence-corrected chi connectivity index (χ3v) is 5.39. The number of esters is 1. The van der Waals surface area contributed by atoms with Crippen LogP contribution in [-0.2, 0) is 20.9 Å². The van der Waals surface area contributed by atoms with E-state index in [0.717, 1.165) is 32.7 Å². The van der Waals surface area contributed by atoms with Gasteiger partial charge < -0.3 is 14.1 Å². The first-order chi connectivity index (χ1) is 14.7. The highest BCUT2D eigenvalue weighted by atomic mass is 16.5. The topological polar surface area (TPSA) is 87.4 Å². The van der Waals surface area contributed by atoms with E-state index >= 15 is 0 Å². The number of nitrogens with zero attached hydrogens (tertiary/aromatic N) is 3. The summed E-state index contributed by atoms with van der Waals surface area (Å²) in [4.78, 5) is 34.3. The van der Waals surface area contributed by atoms with Crippen molar-refractivity contribution in [1.82, 2.24) is 15.1 Å². The van der Waals surface area contributed by atoms with E-state index < -0.39 is 23.8 Å². The molecule has 8 heteroatoms. The number of ether oxygens (including phenoxy) is 1. The van der Waals surface area contributed by atoms with Gasteiger partial charge in [0.25, 0.3) is 0 Å². The van der Waals surface area contributed by atoms with E-state index in [1.807, 2.05) is 18.2 Å². The summed E-state index contributed by atoms with van der Waals surface area (Å²) in [6.07, 6.45) is 1.52. The number of benzene rings is 1. The first-order valence-corrected chi connectivity index (χ1v) is 10.3. The molecule has 4 rings (SSSR count). The Labute approximate surface area is 175 Å². The molecule has 1 N–H and O–H groups in total. The highest BCUT2D eigenvalue weighted by Crippen LogP contribution is 2.31. The fraction of sp³-hybridized carbons (Fsp3) is 0.409. The van der Waals surface area contributed by atoms with Crippen molar-refractivity contribution in [2.45, 2.75) is 19.5 Å². The van der Waals surface area contributed by atoms with Crippen LogP contribution in [0.15, 0.2) is 58.1 Å². The molecule has 2 aliphatic rings. The lowest BCUT2D eigenvalue weighted by Crippen LogP contribution is -2.57. The van der Waals surface area contributed by atoms with E-state index in [1.165, 1.54) is 11.8 Å². The third-order valence-electron chi connectivity index (χ3n) is 5.39. The van der Waals surface area contributed by atoms with Gasteiger partial charge in [0.1, 0.15) is 11.8 Å². The van der Waals surface area contributed by atoms with Gasteiger partial charge in [0.05, 0.1) is 12.9 Å². The molecule has 0 radical (unpaired) electrons. The highest BCUT2D eigenvalue weighted by Gasteiger charge is 2.43. The molecule has 3 heterocycles. The average molecular weight is 410 g/mol. The fourth-order valence-electron chi connectivity index (χ4n) is 3.85. The van der Waals surface area contributed by atoms with Crippen molar-refractivity contribution < 1.29 is 18.7 Å². The number of aliphatic imine (C=N–C) groups is 1. The summed E-state index contributed by atoms with van der Waals surface area (Å²) in [7, 11) is 0. The minimum absolute atomic E-state index is 0.202. The Morgan fingerprint density at radius 2 is 1.93 bits per heavy atom. The minimum atomic E-state index is -1.06. The molecule has 2 aromatic rings. The van der Waals surface area contributed by atoms with Crippen LogP contribution < -0.4 is 5.32 Å². The number of hydrogen-bond donors (Lipinski definition) is 1. The van der Waals surface area contributed by atoms with Gasteiger partial charge in [-0.05, 0) is 24.6 Å². The lowest BCUT2D eigenvalue weighted by Gasteiger charge is -2.38. The fourth-order valence-corrected chi connectivity index (χ4v) is 3.85. The van der Waals surface area contributed by atoms with E-state index in [9.17, 15) is 9.59 Å². The molecule has 1 aromatic carbocycles. The third kappa shape index (κ3) is 4.38. The maximum Gasteiger partial charge on any atom is 0.321 e. The van der Waals surface area contributed by atoms with Crippen LogP contribution in [-0.4, -0.2) is 60.4 Å². The standard InChI is InChI=1S/C22H26N4O4/c1-2-29-21(28)18-19(17-9-6-14-30-17)23-22(24-20(18)27)26-12-10-25(11-13-26)15-16-7-4-3-5-8-16/h3-9,14,18-19H,2,10-13,15H2,1H3,(H,23,24,27)/t18-,19+/m1/s1. The van der Waals surface area contributed by atoms with Gasteiger partial charge in [-0.1, -0.05) is 30.3 Å². The molecule has 0 aliphatic carbocycles. The Hall–Kier alpha value is -3.13. The maximum absolute atomic E-state index is 12.8. The molecule has 30 heavy (non-hydrogen) atoms. The van der Waals surface area contributed by atoms with Gasteiger partial charge in [-0.25, -0.2) is 4.99 Å². The molecule has 0 unspecified atom stereocenters. The average Bonchev–Trinajstić information content (AvgIpc) is 3.29. The van der Waals surface area contributed by atoms with Gasteiger partial charge in [0.2, 0.25) is 11.9 Å². The van der Waals surface area contributed by atoms with Gasteiger partial charge in [-0.15, -0.1) is 0 Å². The zero-order chi connectivity index (χ0) is 20.9. The summed E-state index contributed by atoms with van der Waals surface area (Å²) < 4.78 is 10.6. The summed E-state index contributed by atoms with van der Waals surface area (Å²) in [6, 6.07) is 13.1. The number of piperazine rings is 1. The summed E-state index contributed by atoms with van der Waals surface area (Å²) in [5, 5.41) is 2.81. The van der Waals surface area contributed by atoms with Gasteiger partial charge in [-0.2, -0.15) is 0 Å². The van der Waals surface area contributed by atoms with Gasteiger partial charge in [-0.3, -0.25) is 19.8 Å². The van der Waals surface area contributed by atoms with Gasteiger partial charge in [0.15, 0.2) is 5.92 Å². The van der Waals surface area contributed by atoms with Crippen molar-refractivity contribution in [1.29, 1.82) is 0 Å². The molecule has 1 fully saturated rings. The summed E-state index contributed by atoms with van der Waals surface area (Å²) in [5.74, 6) is -1.10. The summed E-state index contributed by atoms with van der Waals surface area (Å²) >= 11 is 0. The molecule has 1 saturated heterocycles. The Kier molecular flexibility index (Phi) is 6.13. The molecule has 2 aliphatic heterocycles. The first-order valence-electron chi connectivity index (χ1n) is 10.3. The van der Waals surface area contributed by atoms with Crippen LogP contribution >= 0.6 is 0 Å². The first kappa shape index (κ1) is 20.2. The second-order valence-electron chi connectivity index (χ2n) is 7.38. The largest absolute Gasteiger partial charge is 0.467 e. The van der Waals surface area contributed by atoms with Crippen molar-refractivity contribution >= 4 is 17.8 Å². The van der Waals surface area contributed by atoms with Crippen LogP contribution in [0.4, 0.5) is 0 Å². The van der Waals surface area contributed by atoms with Crippen molar-refractivity contribution in [3.63, 3.8) is 0 Å². The molecule has 1 aromatic heterocycles. The molecule has 0 bridgehead atoms. The van der Waals surface area contributed by atoms with Crippen LogP contribution in [0.5, 0.6) is 0 Å². The zero-order valence-electron chi connectivity index (χ0n) is 17.0. The zero-order valence-corrected chi connectivity index (χ0v) is 17.0. The molecule has 8 nitrogen and oxygen atoms in total. The molecule has 158 valence electrons. The van der Waals surface area contributed by atoms with Crippen LogP contribution in [0.3, 0.4) is 0 Å². The van der Waals surface area contributed by atoms with Crippen molar-refractivity contribution in [2.75, 3.05) is 32.8 Å². The molecule has 0 saturated carbocycles. The van der Waals surface area contributed by atoms with E-state index in [1.54, 1.807) is 19.1 Å². The number of nitrogens with one attached hydrogen (secondary N) is 1. The number of hydrogen-bond acceptors (Lipinski definition) is 7. The predicted octanol–water partition coefficient (Wildman–Crippen LogP) is 1.80. The predicted molar refractivity (Wildman–Crippen MR) is 110 cm³/mol. The van der Waals surface area contributed by atoms with Crippen molar-refractivity contribution in [3.8, 4) is 0 Å². The second kappa shape index (κ2) is 9.13. The minimum Gasteiger partial charge on any atom is -0.467 e. The number of amides is 1. The number of carbonyl (C=O) groups is 2. The van der Waals surface area contributed by atoms with E-state index in [0.29, 0.717) is 11.7 Å². The number of rotatable bonds is 5. The van der Waals surface area contributed by atoms with Crippen LogP contribution in [0.2, 0.25) is 0 Å². The van der Waals surface area contributed by atoms with E-state index in [2.05, 4.69) is 32.2 Å². The summed E-state index contributed by atoms with van der Waals surface area (Å²) in [6.45, 7) is 6.00. The van der Waals surface area contributed by atoms with Crippen molar-refractivity contribution in [2.24, 2.45) is 10.9 Å². The Bertz CT molecular complexity index is 889. The van der Waals surface area contributed by atoms with E-state index in [4.69, 9.17) is 9.15 Å². The smallest absolute Gasteiger partial charge is 0.321 e. The maximum atomic E-state index is 12.8. The second-order valence-corrected chi connectivity index (χ2v) is 7.38. The quantitative estimate of drug-likeness (QED) is 0.598. The number of carbonyl (C=O) groups excluding carboxylic acids is 2. The van der Waals surface area contributed by atoms with Gasteiger partial charge >= 0.3 is 5.97 Å². The Balaban J connectivity index is 1.47. The molecule has 0 spiro atoms. The van der Waals surface area contributed by atoms with Crippen LogP contribution in [0.25, 0.3) is 0 Å². The SMILES string of the molecule is CCOC(=O)[C@H]1C(=O)NC(N2CCN(Cc3ccccc3)CC2)=N[C@H]1c1ccco1. The molecular weight excluding hydrogens is 384 g/mol. The number of guanidine groups is 1. The Morgan fingerprint density at radius 1 is 1.17 bits per heavy atom. The monoisotopic (exact) mass is 410 g/mol. The molecule has 2 atom stereocenters. The lowest BCUT2D eigenvalue weighted by molar-refractivity contribution is -0.153. The highest BCUT2D eigenvalue weighted by molar-refractivity contribution is 6.08. The normalized spacial score (nSPS) is 22.4. The van der Waals surface area contributed by atoms with Crippen molar-refractivity contribution in [3.05, 3.63) is 60.1 Å². The van der Waals surface area contributed by atoms with Crippen LogP contribution in [0, 0.1) is 5.92 Å². The van der Waals surface area contributed by atoms with Crippen LogP contribution in [0.1, 0.15) is 24.3 Å². The van der Waals surface area contributed by atoms with Gasteiger partial charge in [0, 0.05) is 32.7 Å². The Morgan fingerprint density at radius 3 is 2.60 bits per heavy atom. The summed E-state index contributed by atoms with van der Waals surface area (Å²) in [5.41, 5.74) is 1.28.